The molecular formula is C24H27N4OS+. The van der Waals surface area contributed by atoms with Gasteiger partial charge in [-0.2, -0.15) is 0 Å². The first kappa shape index (κ1) is 19.4. The van der Waals surface area contributed by atoms with E-state index >= 15 is 0 Å². The summed E-state index contributed by atoms with van der Waals surface area (Å²) in [4.78, 5) is 27.6. The van der Waals surface area contributed by atoms with E-state index in [9.17, 15) is 4.79 Å². The normalized spacial score (nSPS) is 19.7. The van der Waals surface area contributed by atoms with Gasteiger partial charge in [0.25, 0.3) is 0 Å². The summed E-state index contributed by atoms with van der Waals surface area (Å²) in [5, 5.41) is 2.09. The van der Waals surface area contributed by atoms with Gasteiger partial charge in [0, 0.05) is 22.8 Å². The van der Waals surface area contributed by atoms with E-state index in [1.165, 1.54) is 10.4 Å². The number of aromatic nitrogens is 2. The second kappa shape index (κ2) is 8.28. The maximum Gasteiger partial charge on any atom is 0.226 e. The number of thiophene rings is 1. The fourth-order valence-electron chi connectivity index (χ4n) is 4.71. The summed E-state index contributed by atoms with van der Waals surface area (Å²) in [5.74, 6) is 1.24. The van der Waals surface area contributed by atoms with Gasteiger partial charge in [-0.25, -0.2) is 9.97 Å². The molecule has 1 N–H and O–H groups in total. The van der Waals surface area contributed by atoms with Crippen molar-refractivity contribution in [2.75, 3.05) is 31.1 Å². The van der Waals surface area contributed by atoms with Crippen molar-refractivity contribution in [3.8, 4) is 0 Å². The minimum Gasteiger partial charge on any atom is -0.330 e. The Bertz CT molecular complexity index is 1030. The molecule has 0 saturated carbocycles. The fraction of sp³-hybridized carbons (Fsp3) is 0.375. The number of benzene rings is 1. The standard InChI is InChI=1S/C24H26N4OS/c1-17-23-20(14-19(15-21(23)29)22-8-5-13-30-22)26-24(25-17)28-11-9-27(10-12-28)16-18-6-3-2-4-7-18/h2-8,13,19H,9-12,14-16H2,1H3/p+1/t19-/m0/s1. The number of aryl methyl sites for hydroxylation is 1. The van der Waals surface area contributed by atoms with Gasteiger partial charge in [0.2, 0.25) is 5.95 Å². The average Bonchev–Trinajstić information content (AvgIpc) is 3.29. The molecule has 1 aromatic carbocycles. The van der Waals surface area contributed by atoms with Crippen LogP contribution in [-0.2, 0) is 13.0 Å². The third kappa shape index (κ3) is 3.89. The van der Waals surface area contributed by atoms with Crippen LogP contribution in [0.4, 0.5) is 5.95 Å². The molecule has 1 fully saturated rings. The minimum atomic E-state index is 0.191. The summed E-state index contributed by atoms with van der Waals surface area (Å²) in [5.41, 5.74) is 3.93. The summed E-state index contributed by atoms with van der Waals surface area (Å²) < 4.78 is 0. The Morgan fingerprint density at radius 3 is 2.60 bits per heavy atom. The minimum absolute atomic E-state index is 0.191. The molecule has 6 heteroatoms. The van der Waals surface area contributed by atoms with Crippen LogP contribution in [0, 0.1) is 6.92 Å². The molecule has 0 radical (unpaired) electrons. The van der Waals surface area contributed by atoms with E-state index in [-0.39, 0.29) is 11.7 Å². The summed E-state index contributed by atoms with van der Waals surface area (Å²) in [7, 11) is 0. The number of hydrogen-bond donors (Lipinski definition) is 1. The number of ketones is 1. The number of fused-ring (bicyclic) bond motifs is 1. The smallest absolute Gasteiger partial charge is 0.226 e. The lowest BCUT2D eigenvalue weighted by atomic mass is 9.84. The maximum atomic E-state index is 12.8. The topological polar surface area (TPSA) is 50.5 Å². The van der Waals surface area contributed by atoms with Crippen molar-refractivity contribution < 1.29 is 9.69 Å². The molecule has 0 spiro atoms. The monoisotopic (exact) mass is 419 g/mol. The molecule has 154 valence electrons. The number of quaternary nitrogens is 1. The number of nitrogens with one attached hydrogen (secondary N) is 1. The summed E-state index contributed by atoms with van der Waals surface area (Å²) in [6.07, 6.45) is 1.40. The van der Waals surface area contributed by atoms with E-state index in [0.717, 1.165) is 62.0 Å². The summed E-state index contributed by atoms with van der Waals surface area (Å²) >= 11 is 1.73. The van der Waals surface area contributed by atoms with Gasteiger partial charge >= 0.3 is 0 Å². The van der Waals surface area contributed by atoms with Crippen LogP contribution in [0.2, 0.25) is 0 Å². The second-order valence-corrected chi connectivity index (χ2v) is 9.35. The van der Waals surface area contributed by atoms with Crippen LogP contribution in [0.5, 0.6) is 0 Å². The van der Waals surface area contributed by atoms with E-state index in [1.54, 1.807) is 16.2 Å². The molecule has 2 aromatic heterocycles. The molecule has 5 rings (SSSR count). The molecule has 1 aliphatic carbocycles. The van der Waals surface area contributed by atoms with Gasteiger partial charge in [-0.3, -0.25) is 4.79 Å². The second-order valence-electron chi connectivity index (χ2n) is 8.37. The van der Waals surface area contributed by atoms with Crippen LogP contribution in [0.15, 0.2) is 47.8 Å². The highest BCUT2D eigenvalue weighted by Crippen LogP contribution is 2.35. The molecule has 1 atom stereocenters. The predicted octanol–water partition coefficient (Wildman–Crippen LogP) is 2.66. The number of carbonyl (C=O) groups excluding carboxylic acids is 1. The number of carbonyl (C=O) groups is 1. The summed E-state index contributed by atoms with van der Waals surface area (Å²) in [6.45, 7) is 7.07. The van der Waals surface area contributed by atoms with Crippen molar-refractivity contribution in [2.24, 2.45) is 0 Å². The van der Waals surface area contributed by atoms with Crippen LogP contribution >= 0.6 is 11.3 Å². The van der Waals surface area contributed by atoms with Gasteiger partial charge in [0.1, 0.15) is 6.54 Å². The number of nitrogens with zero attached hydrogens (tertiary/aromatic N) is 3. The van der Waals surface area contributed by atoms with Crippen molar-refractivity contribution in [1.82, 2.24) is 9.97 Å². The highest BCUT2D eigenvalue weighted by molar-refractivity contribution is 7.10. The lowest BCUT2D eigenvalue weighted by molar-refractivity contribution is -0.914. The molecular weight excluding hydrogens is 392 g/mol. The molecule has 30 heavy (non-hydrogen) atoms. The Morgan fingerprint density at radius 1 is 1.07 bits per heavy atom. The zero-order valence-electron chi connectivity index (χ0n) is 17.3. The van der Waals surface area contributed by atoms with Gasteiger partial charge in [-0.05, 0) is 24.8 Å². The van der Waals surface area contributed by atoms with Crippen molar-refractivity contribution in [2.45, 2.75) is 32.2 Å². The van der Waals surface area contributed by atoms with E-state index in [1.807, 2.05) is 6.92 Å². The lowest BCUT2D eigenvalue weighted by Crippen LogP contribution is -3.13. The first-order valence-corrected chi connectivity index (χ1v) is 11.6. The van der Waals surface area contributed by atoms with Gasteiger partial charge in [0.15, 0.2) is 5.78 Å². The van der Waals surface area contributed by atoms with Crippen molar-refractivity contribution in [3.05, 3.63) is 75.2 Å². The molecule has 3 heterocycles. The van der Waals surface area contributed by atoms with Gasteiger partial charge in [-0.1, -0.05) is 36.4 Å². The van der Waals surface area contributed by atoms with Gasteiger partial charge in [0.05, 0.1) is 43.1 Å². The van der Waals surface area contributed by atoms with Gasteiger partial charge < -0.3 is 9.80 Å². The Kier molecular flexibility index (Phi) is 5.35. The zero-order valence-corrected chi connectivity index (χ0v) is 18.1. The van der Waals surface area contributed by atoms with E-state index in [2.05, 4.69) is 52.7 Å². The number of anilines is 1. The van der Waals surface area contributed by atoms with Crippen LogP contribution in [0.25, 0.3) is 0 Å². The molecule has 1 saturated heterocycles. The number of hydrogen-bond acceptors (Lipinski definition) is 5. The largest absolute Gasteiger partial charge is 0.330 e. The molecule has 0 unspecified atom stereocenters. The molecule has 2 aliphatic rings. The Morgan fingerprint density at radius 2 is 1.87 bits per heavy atom. The van der Waals surface area contributed by atoms with Crippen molar-refractivity contribution >= 4 is 23.1 Å². The quantitative estimate of drug-likeness (QED) is 0.706. The maximum absolute atomic E-state index is 12.8. The van der Waals surface area contributed by atoms with Crippen molar-refractivity contribution in [1.29, 1.82) is 0 Å². The lowest BCUT2D eigenvalue weighted by Gasteiger charge is -2.33. The van der Waals surface area contributed by atoms with Gasteiger partial charge in [-0.15, -0.1) is 11.3 Å². The van der Waals surface area contributed by atoms with E-state index in [0.29, 0.717) is 6.42 Å². The Labute approximate surface area is 181 Å². The molecule has 3 aromatic rings. The Hall–Kier alpha value is -2.57. The molecule has 0 amide bonds. The fourth-order valence-corrected chi connectivity index (χ4v) is 5.54. The Balaban J connectivity index is 1.31. The van der Waals surface area contributed by atoms with Crippen LogP contribution < -0.4 is 9.80 Å². The highest BCUT2D eigenvalue weighted by Gasteiger charge is 2.31. The number of Topliss-reactive ketones (excluding diaryl/α,β-unsaturated/α-hetero) is 1. The highest BCUT2D eigenvalue weighted by atomic mass is 32.1. The third-order valence-corrected chi connectivity index (χ3v) is 7.33. The number of rotatable bonds is 4. The molecule has 5 nitrogen and oxygen atoms in total. The van der Waals surface area contributed by atoms with E-state index in [4.69, 9.17) is 9.97 Å². The molecule has 0 bridgehead atoms. The number of piperazine rings is 1. The molecule has 1 aliphatic heterocycles. The van der Waals surface area contributed by atoms with Crippen LogP contribution in [0.3, 0.4) is 0 Å². The predicted molar refractivity (Wildman–Crippen MR) is 120 cm³/mol. The van der Waals surface area contributed by atoms with E-state index < -0.39 is 0 Å². The first-order chi connectivity index (χ1) is 14.7. The summed E-state index contributed by atoms with van der Waals surface area (Å²) in [6, 6.07) is 14.9. The van der Waals surface area contributed by atoms with Crippen molar-refractivity contribution in [3.63, 3.8) is 0 Å². The SMILES string of the molecule is Cc1nc(N2CC[NH+](Cc3ccccc3)CC2)nc2c1C(=O)C[C@@H](c1cccs1)C2. The van der Waals surface area contributed by atoms with Crippen LogP contribution in [-0.4, -0.2) is 41.9 Å². The zero-order chi connectivity index (χ0) is 20.5. The first-order valence-electron chi connectivity index (χ1n) is 10.7. The van der Waals surface area contributed by atoms with Crippen LogP contribution in [0.1, 0.15) is 44.5 Å². The third-order valence-electron chi connectivity index (χ3n) is 6.30. The average molecular weight is 420 g/mol.